The Labute approximate surface area is 145 Å². The highest BCUT2D eigenvalue weighted by molar-refractivity contribution is 5.86. The van der Waals surface area contributed by atoms with Crippen LogP contribution in [0, 0.1) is 18.7 Å². The van der Waals surface area contributed by atoms with Crippen molar-refractivity contribution in [3.63, 3.8) is 0 Å². The van der Waals surface area contributed by atoms with Crippen molar-refractivity contribution in [2.75, 3.05) is 6.54 Å². The maximum absolute atomic E-state index is 13.0. The van der Waals surface area contributed by atoms with Gasteiger partial charge < -0.3 is 10.0 Å². The van der Waals surface area contributed by atoms with Gasteiger partial charge in [0.25, 0.3) is 0 Å². The van der Waals surface area contributed by atoms with Crippen LogP contribution in [0.15, 0.2) is 48.5 Å². The first-order chi connectivity index (χ1) is 12.0. The first-order valence-corrected chi connectivity index (χ1v) is 8.26. The molecule has 1 N–H and O–H groups in total. The van der Waals surface area contributed by atoms with E-state index in [2.05, 4.69) is 0 Å². The lowest BCUT2D eigenvalue weighted by Crippen LogP contribution is -2.36. The van der Waals surface area contributed by atoms with Gasteiger partial charge in [-0.3, -0.25) is 9.59 Å². The summed E-state index contributed by atoms with van der Waals surface area (Å²) < 4.78 is 13.0. The molecule has 0 saturated heterocycles. The predicted octanol–water partition coefficient (Wildman–Crippen LogP) is 3.35. The Morgan fingerprint density at radius 3 is 2.48 bits per heavy atom. The number of carbonyl (C=O) groups is 2. The summed E-state index contributed by atoms with van der Waals surface area (Å²) in [6, 6.07) is 13.7. The molecule has 5 heteroatoms. The molecule has 2 atom stereocenters. The second-order valence-corrected chi connectivity index (χ2v) is 6.52. The highest BCUT2D eigenvalue weighted by atomic mass is 19.1. The van der Waals surface area contributed by atoms with E-state index in [1.54, 1.807) is 12.1 Å². The van der Waals surface area contributed by atoms with Crippen LogP contribution in [0.5, 0.6) is 0 Å². The Hall–Kier alpha value is -2.69. The van der Waals surface area contributed by atoms with Crippen molar-refractivity contribution < 1.29 is 19.1 Å². The summed E-state index contributed by atoms with van der Waals surface area (Å²) >= 11 is 0. The minimum atomic E-state index is -1.05. The molecule has 2 aromatic carbocycles. The first-order valence-electron chi connectivity index (χ1n) is 8.26. The van der Waals surface area contributed by atoms with Crippen LogP contribution in [-0.4, -0.2) is 28.4 Å². The number of amides is 1. The summed E-state index contributed by atoms with van der Waals surface area (Å²) in [6.45, 7) is 1.83. The standard InChI is InChI=1S/C20H20FNO3/c1-13-4-2-3-5-16(13)17-10-18(17)20(25)22(12-19(23)24)11-14-6-8-15(21)9-7-14/h2-9,17-18H,10-12H2,1H3,(H,23,24). The normalized spacial score (nSPS) is 18.6. The van der Waals surface area contributed by atoms with Crippen LogP contribution in [0.4, 0.5) is 4.39 Å². The zero-order chi connectivity index (χ0) is 18.0. The molecule has 0 aliphatic heterocycles. The summed E-state index contributed by atoms with van der Waals surface area (Å²) in [5, 5.41) is 9.13. The van der Waals surface area contributed by atoms with Gasteiger partial charge in [0.15, 0.2) is 0 Å². The molecule has 130 valence electrons. The predicted molar refractivity (Wildman–Crippen MR) is 91.5 cm³/mol. The van der Waals surface area contributed by atoms with E-state index in [0.29, 0.717) is 5.56 Å². The second kappa shape index (κ2) is 7.05. The summed E-state index contributed by atoms with van der Waals surface area (Å²) in [6.07, 6.45) is 0.739. The number of aryl methyl sites for hydroxylation is 1. The smallest absolute Gasteiger partial charge is 0.323 e. The lowest BCUT2D eigenvalue weighted by molar-refractivity contribution is -0.145. The van der Waals surface area contributed by atoms with Crippen LogP contribution in [0.25, 0.3) is 0 Å². The van der Waals surface area contributed by atoms with Crippen LogP contribution in [-0.2, 0) is 16.1 Å². The van der Waals surface area contributed by atoms with Gasteiger partial charge in [0, 0.05) is 12.5 Å². The molecule has 3 rings (SSSR count). The van der Waals surface area contributed by atoms with Gasteiger partial charge in [-0.25, -0.2) is 4.39 Å². The number of benzene rings is 2. The summed E-state index contributed by atoms with van der Waals surface area (Å²) in [5.74, 6) is -1.59. The Balaban J connectivity index is 1.73. The van der Waals surface area contributed by atoms with E-state index in [4.69, 9.17) is 5.11 Å². The fraction of sp³-hybridized carbons (Fsp3) is 0.300. The molecule has 2 unspecified atom stereocenters. The Morgan fingerprint density at radius 1 is 1.16 bits per heavy atom. The minimum Gasteiger partial charge on any atom is -0.480 e. The van der Waals surface area contributed by atoms with E-state index < -0.39 is 5.97 Å². The Kier molecular flexibility index (Phi) is 4.83. The molecular weight excluding hydrogens is 321 g/mol. The van der Waals surface area contributed by atoms with Crippen LogP contribution >= 0.6 is 0 Å². The Bertz CT molecular complexity index is 788. The number of nitrogens with zero attached hydrogens (tertiary/aromatic N) is 1. The molecule has 1 aliphatic rings. The molecule has 25 heavy (non-hydrogen) atoms. The number of halogens is 1. The number of rotatable bonds is 6. The van der Waals surface area contributed by atoms with Crippen LogP contribution in [0.1, 0.15) is 29.0 Å². The van der Waals surface area contributed by atoms with E-state index in [-0.39, 0.29) is 36.6 Å². The fourth-order valence-electron chi connectivity index (χ4n) is 3.23. The maximum Gasteiger partial charge on any atom is 0.323 e. The lowest BCUT2D eigenvalue weighted by Gasteiger charge is -2.21. The lowest BCUT2D eigenvalue weighted by atomic mass is 10.0. The molecule has 4 nitrogen and oxygen atoms in total. The van der Waals surface area contributed by atoms with Gasteiger partial charge in [-0.05, 0) is 48.1 Å². The zero-order valence-corrected chi connectivity index (χ0v) is 14.0. The molecule has 0 heterocycles. The molecule has 0 radical (unpaired) electrons. The third kappa shape index (κ3) is 4.05. The second-order valence-electron chi connectivity index (χ2n) is 6.52. The molecule has 0 aromatic heterocycles. The van der Waals surface area contributed by atoms with E-state index in [9.17, 15) is 14.0 Å². The topological polar surface area (TPSA) is 57.6 Å². The molecule has 1 saturated carbocycles. The summed E-state index contributed by atoms with van der Waals surface area (Å²) in [7, 11) is 0. The quantitative estimate of drug-likeness (QED) is 0.876. The van der Waals surface area contributed by atoms with Crippen molar-refractivity contribution in [3.05, 3.63) is 71.0 Å². The van der Waals surface area contributed by atoms with Crippen LogP contribution in [0.2, 0.25) is 0 Å². The number of carbonyl (C=O) groups excluding carboxylic acids is 1. The summed E-state index contributed by atoms with van der Waals surface area (Å²) in [5.41, 5.74) is 3.01. The largest absolute Gasteiger partial charge is 0.480 e. The van der Waals surface area contributed by atoms with E-state index in [1.807, 2.05) is 31.2 Å². The van der Waals surface area contributed by atoms with Gasteiger partial charge >= 0.3 is 5.97 Å². The average Bonchev–Trinajstić information content (AvgIpc) is 3.36. The van der Waals surface area contributed by atoms with Crippen LogP contribution in [0.3, 0.4) is 0 Å². The number of aliphatic carboxylic acids is 1. The minimum absolute atomic E-state index is 0.151. The van der Waals surface area contributed by atoms with Gasteiger partial charge in [0.05, 0.1) is 0 Å². The van der Waals surface area contributed by atoms with Crippen molar-refractivity contribution in [3.8, 4) is 0 Å². The molecule has 0 bridgehead atoms. The van der Waals surface area contributed by atoms with Crippen molar-refractivity contribution in [1.29, 1.82) is 0 Å². The van der Waals surface area contributed by atoms with Crippen molar-refractivity contribution in [1.82, 2.24) is 4.90 Å². The number of hydrogen-bond donors (Lipinski definition) is 1. The molecule has 1 amide bonds. The Morgan fingerprint density at radius 2 is 1.84 bits per heavy atom. The molecule has 0 spiro atoms. The highest BCUT2D eigenvalue weighted by Gasteiger charge is 2.46. The van der Waals surface area contributed by atoms with Crippen LogP contribution < -0.4 is 0 Å². The van der Waals surface area contributed by atoms with Gasteiger partial charge in [-0.15, -0.1) is 0 Å². The monoisotopic (exact) mass is 341 g/mol. The van der Waals surface area contributed by atoms with E-state index >= 15 is 0 Å². The van der Waals surface area contributed by atoms with E-state index in [1.165, 1.54) is 17.0 Å². The van der Waals surface area contributed by atoms with Crippen molar-refractivity contribution >= 4 is 11.9 Å². The molecule has 1 aliphatic carbocycles. The van der Waals surface area contributed by atoms with Gasteiger partial charge in [-0.1, -0.05) is 36.4 Å². The molecule has 2 aromatic rings. The van der Waals surface area contributed by atoms with Crippen molar-refractivity contribution in [2.45, 2.75) is 25.8 Å². The first kappa shape index (κ1) is 17.1. The van der Waals surface area contributed by atoms with Gasteiger partial charge in [0.1, 0.15) is 12.4 Å². The zero-order valence-electron chi connectivity index (χ0n) is 14.0. The molecule has 1 fully saturated rings. The highest BCUT2D eigenvalue weighted by Crippen LogP contribution is 2.49. The van der Waals surface area contributed by atoms with Crippen molar-refractivity contribution in [2.24, 2.45) is 5.92 Å². The third-order valence-corrected chi connectivity index (χ3v) is 4.62. The average molecular weight is 341 g/mol. The number of carboxylic acid groups (broad SMARTS) is 1. The SMILES string of the molecule is Cc1ccccc1C1CC1C(=O)N(CC(=O)O)Cc1ccc(F)cc1. The molecular formula is C20H20FNO3. The number of hydrogen-bond acceptors (Lipinski definition) is 2. The summed E-state index contributed by atoms with van der Waals surface area (Å²) in [4.78, 5) is 25.3. The fourth-order valence-corrected chi connectivity index (χ4v) is 3.23. The van der Waals surface area contributed by atoms with Gasteiger partial charge in [0.2, 0.25) is 5.91 Å². The number of carboxylic acids is 1. The van der Waals surface area contributed by atoms with Gasteiger partial charge in [-0.2, -0.15) is 0 Å². The maximum atomic E-state index is 13.0. The van der Waals surface area contributed by atoms with E-state index in [0.717, 1.165) is 17.5 Å². The third-order valence-electron chi connectivity index (χ3n) is 4.62.